The predicted octanol–water partition coefficient (Wildman–Crippen LogP) is 5.68. The van der Waals surface area contributed by atoms with Gasteiger partial charge in [0, 0.05) is 31.1 Å². The van der Waals surface area contributed by atoms with Crippen LogP contribution in [0.3, 0.4) is 0 Å². The van der Waals surface area contributed by atoms with Crippen molar-refractivity contribution in [3.05, 3.63) is 82.2 Å². The number of ether oxygens (including phenoxy) is 1. The Morgan fingerprint density at radius 2 is 1.62 bits per heavy atom. The molecule has 2 heterocycles. The van der Waals surface area contributed by atoms with Crippen LogP contribution in [-0.2, 0) is 36.8 Å². The third-order valence-electron chi connectivity index (χ3n) is 7.57. The fourth-order valence-corrected chi connectivity index (χ4v) is 5.80. The second-order valence-corrected chi connectivity index (χ2v) is 10.7. The van der Waals surface area contributed by atoms with Crippen LogP contribution in [0.1, 0.15) is 46.1 Å². The summed E-state index contributed by atoms with van der Waals surface area (Å²) < 4.78 is 85.6. The van der Waals surface area contributed by atoms with E-state index in [2.05, 4.69) is 20.3 Å². The number of hydrogen-bond acceptors (Lipinski definition) is 5. The SMILES string of the molecule is CN(C)Cc1n[nH]nc1CN1CC2CC2(COCc2cc(C(F)(F)F)cc(C(F)(F)F)c2)C1c1ccccc1. The van der Waals surface area contributed by atoms with Crippen LogP contribution in [0.25, 0.3) is 0 Å². The van der Waals surface area contributed by atoms with E-state index in [1.165, 1.54) is 0 Å². The number of aromatic amines is 1. The summed E-state index contributed by atoms with van der Waals surface area (Å²) in [6, 6.07) is 11.4. The van der Waals surface area contributed by atoms with E-state index < -0.39 is 23.5 Å². The lowest BCUT2D eigenvalue weighted by Crippen LogP contribution is -2.32. The lowest BCUT2D eigenvalue weighted by atomic mass is 9.90. The molecule has 0 bridgehead atoms. The molecule has 1 saturated carbocycles. The second kappa shape index (κ2) is 10.2. The van der Waals surface area contributed by atoms with E-state index in [0.29, 0.717) is 19.0 Å². The minimum absolute atomic E-state index is 0.0418. The predicted molar refractivity (Wildman–Crippen MR) is 130 cm³/mol. The molecule has 3 aromatic rings. The van der Waals surface area contributed by atoms with Gasteiger partial charge in [-0.05, 0) is 55.8 Å². The molecule has 1 aliphatic heterocycles. The van der Waals surface area contributed by atoms with Gasteiger partial charge in [-0.3, -0.25) is 4.90 Å². The molecular weight excluding hydrogens is 524 g/mol. The average molecular weight is 554 g/mol. The summed E-state index contributed by atoms with van der Waals surface area (Å²) in [7, 11) is 3.90. The van der Waals surface area contributed by atoms with Gasteiger partial charge in [-0.2, -0.15) is 41.8 Å². The summed E-state index contributed by atoms with van der Waals surface area (Å²) in [5.41, 5.74) is -0.359. The zero-order chi connectivity index (χ0) is 28.0. The summed E-state index contributed by atoms with van der Waals surface area (Å²) in [5.74, 6) is 0.291. The molecular formula is C27H29F6N5O. The molecule has 2 fully saturated rings. The van der Waals surface area contributed by atoms with E-state index in [9.17, 15) is 26.3 Å². The lowest BCUT2D eigenvalue weighted by Gasteiger charge is -2.32. The topological polar surface area (TPSA) is 57.3 Å². The van der Waals surface area contributed by atoms with E-state index >= 15 is 0 Å². The molecule has 39 heavy (non-hydrogen) atoms. The molecule has 0 amide bonds. The summed E-state index contributed by atoms with van der Waals surface area (Å²) in [6.45, 7) is 1.83. The van der Waals surface area contributed by atoms with Crippen LogP contribution in [0.5, 0.6) is 0 Å². The first-order valence-corrected chi connectivity index (χ1v) is 12.6. The van der Waals surface area contributed by atoms with Gasteiger partial charge < -0.3 is 9.64 Å². The number of hydrogen-bond donors (Lipinski definition) is 1. The van der Waals surface area contributed by atoms with Crippen LogP contribution in [0.2, 0.25) is 0 Å². The number of aromatic nitrogens is 3. The number of H-pyrrole nitrogens is 1. The first kappa shape index (κ1) is 27.6. The van der Waals surface area contributed by atoms with Crippen molar-refractivity contribution in [2.24, 2.45) is 11.3 Å². The average Bonchev–Trinajstić information content (AvgIpc) is 3.20. The van der Waals surface area contributed by atoms with Crippen molar-refractivity contribution in [2.45, 2.75) is 44.5 Å². The van der Waals surface area contributed by atoms with Gasteiger partial charge in [-0.25, -0.2) is 0 Å². The van der Waals surface area contributed by atoms with E-state index in [0.717, 1.165) is 42.0 Å². The molecule has 2 aromatic carbocycles. The maximum absolute atomic E-state index is 13.3. The van der Waals surface area contributed by atoms with Crippen LogP contribution >= 0.6 is 0 Å². The first-order chi connectivity index (χ1) is 18.4. The number of rotatable bonds is 9. The van der Waals surface area contributed by atoms with Gasteiger partial charge in [0.1, 0.15) is 11.4 Å². The Kier molecular flexibility index (Phi) is 7.23. The smallest absolute Gasteiger partial charge is 0.376 e. The van der Waals surface area contributed by atoms with E-state index in [1.54, 1.807) is 0 Å². The number of likely N-dealkylation sites (tertiary alicyclic amines) is 1. The highest BCUT2D eigenvalue weighted by molar-refractivity contribution is 5.34. The molecule has 12 heteroatoms. The Balaban J connectivity index is 1.35. The number of nitrogens with one attached hydrogen (secondary N) is 1. The summed E-state index contributed by atoms with van der Waals surface area (Å²) >= 11 is 0. The summed E-state index contributed by atoms with van der Waals surface area (Å²) in [4.78, 5) is 4.32. The van der Waals surface area contributed by atoms with Crippen molar-refractivity contribution < 1.29 is 31.1 Å². The monoisotopic (exact) mass is 553 g/mol. The Morgan fingerprint density at radius 1 is 0.974 bits per heavy atom. The highest BCUT2D eigenvalue weighted by atomic mass is 19.4. The molecule has 210 valence electrons. The quantitative estimate of drug-likeness (QED) is 0.346. The van der Waals surface area contributed by atoms with Gasteiger partial charge in [0.15, 0.2) is 0 Å². The van der Waals surface area contributed by atoms with Crippen molar-refractivity contribution in [3.8, 4) is 0 Å². The number of piperidine rings is 1. The van der Waals surface area contributed by atoms with Crippen LogP contribution in [0.15, 0.2) is 48.5 Å². The lowest BCUT2D eigenvalue weighted by molar-refractivity contribution is -0.143. The van der Waals surface area contributed by atoms with E-state index in [4.69, 9.17) is 4.74 Å². The Morgan fingerprint density at radius 3 is 2.23 bits per heavy atom. The van der Waals surface area contributed by atoms with Gasteiger partial charge in [0.05, 0.1) is 24.3 Å². The van der Waals surface area contributed by atoms with Crippen molar-refractivity contribution >= 4 is 0 Å². The zero-order valence-corrected chi connectivity index (χ0v) is 21.5. The van der Waals surface area contributed by atoms with Gasteiger partial charge in [-0.15, -0.1) is 0 Å². The first-order valence-electron chi connectivity index (χ1n) is 12.6. The zero-order valence-electron chi connectivity index (χ0n) is 21.5. The molecule has 1 saturated heterocycles. The fraction of sp³-hybridized carbons (Fsp3) is 0.481. The molecule has 3 atom stereocenters. The molecule has 1 aromatic heterocycles. The van der Waals surface area contributed by atoms with Crippen LogP contribution in [0.4, 0.5) is 26.3 Å². The Bertz CT molecular complexity index is 1260. The van der Waals surface area contributed by atoms with Crippen molar-refractivity contribution in [1.29, 1.82) is 0 Å². The highest BCUT2D eigenvalue weighted by Gasteiger charge is 2.66. The van der Waals surface area contributed by atoms with Crippen molar-refractivity contribution in [3.63, 3.8) is 0 Å². The maximum atomic E-state index is 13.3. The molecule has 1 aliphatic carbocycles. The van der Waals surface area contributed by atoms with E-state index in [-0.39, 0.29) is 36.3 Å². The van der Waals surface area contributed by atoms with Crippen LogP contribution in [-0.4, -0.2) is 52.5 Å². The van der Waals surface area contributed by atoms with E-state index in [1.807, 2.05) is 49.3 Å². The van der Waals surface area contributed by atoms with Gasteiger partial charge in [-0.1, -0.05) is 30.3 Å². The maximum Gasteiger partial charge on any atom is 0.416 e. The van der Waals surface area contributed by atoms with Crippen molar-refractivity contribution in [2.75, 3.05) is 27.2 Å². The largest absolute Gasteiger partial charge is 0.416 e. The highest BCUT2D eigenvalue weighted by Crippen LogP contribution is 2.67. The molecule has 0 spiro atoms. The molecule has 6 nitrogen and oxygen atoms in total. The minimum atomic E-state index is -4.90. The summed E-state index contributed by atoms with van der Waals surface area (Å²) in [5, 5.41) is 11.4. The van der Waals surface area contributed by atoms with Crippen molar-refractivity contribution in [1.82, 2.24) is 25.2 Å². The molecule has 2 aliphatic rings. The Hall–Kier alpha value is -2.96. The molecule has 0 radical (unpaired) electrons. The fourth-order valence-electron chi connectivity index (χ4n) is 5.80. The van der Waals surface area contributed by atoms with Crippen LogP contribution < -0.4 is 0 Å². The number of nitrogens with zero attached hydrogens (tertiary/aromatic N) is 4. The molecule has 5 rings (SSSR count). The normalized spacial score (nSPS) is 23.4. The van der Waals surface area contributed by atoms with Gasteiger partial charge in [0.25, 0.3) is 0 Å². The number of fused-ring (bicyclic) bond motifs is 1. The van der Waals surface area contributed by atoms with Crippen LogP contribution in [0, 0.1) is 11.3 Å². The molecule has 1 N–H and O–H groups in total. The third-order valence-corrected chi connectivity index (χ3v) is 7.57. The Labute approximate surface area is 221 Å². The minimum Gasteiger partial charge on any atom is -0.376 e. The molecule has 3 unspecified atom stereocenters. The van der Waals surface area contributed by atoms with Gasteiger partial charge >= 0.3 is 12.4 Å². The second-order valence-electron chi connectivity index (χ2n) is 10.7. The third kappa shape index (κ3) is 5.82. The van der Waals surface area contributed by atoms with Gasteiger partial charge in [0.2, 0.25) is 0 Å². The number of alkyl halides is 6. The standard InChI is InChI=1S/C27H29F6N5O/c1-37(2)13-22-23(35-36-34-22)14-38-12-21-11-25(21,24(38)18-6-4-3-5-7-18)16-39-15-17-8-19(26(28,29)30)10-20(9-17)27(31,32)33/h3-10,21,24H,11-16H2,1-2H3,(H,34,35,36). The summed E-state index contributed by atoms with van der Waals surface area (Å²) in [6.07, 6.45) is -8.93. The number of halogens is 6. The number of benzene rings is 2.